The summed E-state index contributed by atoms with van der Waals surface area (Å²) in [6, 6.07) is 19.1. The number of aromatic nitrogens is 5. The smallest absolute Gasteiger partial charge is 0.164 e. The molecule has 0 spiro atoms. The number of rotatable bonds is 6. The van der Waals surface area contributed by atoms with Crippen molar-refractivity contribution in [2.45, 2.75) is 12.8 Å². The number of carbonyl (C=O) groups excluding carboxylic acids is 1. The van der Waals surface area contributed by atoms with E-state index >= 15 is 0 Å². The van der Waals surface area contributed by atoms with Gasteiger partial charge in [-0.05, 0) is 53.6 Å². The number of benzene rings is 1. The number of nitrogens with two attached hydrogens (primary N) is 1. The third kappa shape index (κ3) is 3.83. The van der Waals surface area contributed by atoms with E-state index in [1.54, 1.807) is 24.8 Å². The van der Waals surface area contributed by atoms with Crippen LogP contribution in [0.4, 0.5) is 5.82 Å². The van der Waals surface area contributed by atoms with Gasteiger partial charge >= 0.3 is 0 Å². The van der Waals surface area contributed by atoms with Gasteiger partial charge in [-0.25, -0.2) is 15.0 Å². The Bertz CT molecular complexity index is 1390. The Morgan fingerprint density at radius 2 is 1.59 bits per heavy atom. The second kappa shape index (κ2) is 8.39. The van der Waals surface area contributed by atoms with Gasteiger partial charge in [0.1, 0.15) is 17.1 Å². The van der Waals surface area contributed by atoms with Crippen molar-refractivity contribution in [1.29, 1.82) is 0 Å². The van der Waals surface area contributed by atoms with Gasteiger partial charge in [0, 0.05) is 43.3 Å². The maximum absolute atomic E-state index is 12.5. The summed E-state index contributed by atoms with van der Waals surface area (Å²) in [6.45, 7) is 0. The largest absolute Gasteiger partial charge is 0.383 e. The summed E-state index contributed by atoms with van der Waals surface area (Å²) >= 11 is 0. The second-order valence-corrected chi connectivity index (χ2v) is 7.47. The normalized spacial score (nSPS) is 11.0. The molecule has 0 fully saturated rings. The number of hydrogen-bond donors (Lipinski definition) is 1. The Hall–Kier alpha value is -4.39. The fraction of sp³-hybridized carbons (Fsp3) is 0.0800. The summed E-state index contributed by atoms with van der Waals surface area (Å²) in [5, 5.41) is 0. The molecule has 2 N–H and O–H groups in total. The summed E-state index contributed by atoms with van der Waals surface area (Å²) in [7, 11) is 0. The van der Waals surface area contributed by atoms with E-state index in [-0.39, 0.29) is 5.78 Å². The number of ketones is 1. The van der Waals surface area contributed by atoms with Gasteiger partial charge < -0.3 is 5.73 Å². The van der Waals surface area contributed by atoms with Crippen molar-refractivity contribution >= 4 is 22.8 Å². The zero-order chi connectivity index (χ0) is 21.9. The van der Waals surface area contributed by atoms with Crippen LogP contribution >= 0.6 is 0 Å². The van der Waals surface area contributed by atoms with Crippen molar-refractivity contribution in [3.8, 4) is 17.1 Å². The number of anilines is 1. The van der Waals surface area contributed by atoms with Crippen molar-refractivity contribution in [2.75, 3.05) is 5.73 Å². The van der Waals surface area contributed by atoms with Crippen molar-refractivity contribution in [3.63, 3.8) is 0 Å². The molecule has 1 aromatic carbocycles. The van der Waals surface area contributed by atoms with E-state index in [0.29, 0.717) is 24.5 Å². The number of imidazole rings is 1. The van der Waals surface area contributed by atoms with E-state index in [4.69, 9.17) is 10.7 Å². The highest BCUT2D eigenvalue weighted by Crippen LogP contribution is 2.30. The van der Waals surface area contributed by atoms with Gasteiger partial charge in [-0.15, -0.1) is 0 Å². The average Bonchev–Trinajstić information content (AvgIpc) is 3.20. The van der Waals surface area contributed by atoms with Crippen molar-refractivity contribution in [3.05, 3.63) is 96.6 Å². The lowest BCUT2D eigenvalue weighted by molar-refractivity contribution is -0.117. The fourth-order valence-electron chi connectivity index (χ4n) is 3.73. The first-order valence-electron chi connectivity index (χ1n) is 10.2. The van der Waals surface area contributed by atoms with Crippen molar-refractivity contribution < 1.29 is 4.79 Å². The highest BCUT2D eigenvalue weighted by molar-refractivity contribution is 5.84. The van der Waals surface area contributed by atoms with Crippen LogP contribution in [0.25, 0.3) is 28.2 Å². The third-order valence-electron chi connectivity index (χ3n) is 5.22. The van der Waals surface area contributed by atoms with Crippen LogP contribution in [-0.4, -0.2) is 30.3 Å². The lowest BCUT2D eigenvalue weighted by atomic mass is 10.0. The van der Waals surface area contributed by atoms with E-state index in [1.807, 2.05) is 65.2 Å². The number of hydrogen-bond acceptors (Lipinski definition) is 6. The molecule has 0 aliphatic carbocycles. The molecule has 32 heavy (non-hydrogen) atoms. The molecule has 0 unspecified atom stereocenters. The molecule has 0 bridgehead atoms. The molecule has 0 saturated heterocycles. The highest BCUT2D eigenvalue weighted by atomic mass is 16.1. The fourth-order valence-corrected chi connectivity index (χ4v) is 3.73. The Morgan fingerprint density at radius 3 is 2.38 bits per heavy atom. The molecule has 4 aromatic heterocycles. The molecular formula is C25H20N6O. The number of nitrogen functional groups attached to an aromatic ring is 1. The van der Waals surface area contributed by atoms with Crippen molar-refractivity contribution in [2.24, 2.45) is 0 Å². The standard InChI is InChI=1S/C25H20N6O/c26-23-21(5-2-12-28-23)24-30-22-6-3-13-29-25(22)31(24)19-9-7-17(8-10-19)14-20(32)15-18-4-1-11-27-16-18/h1-13,16H,14-15H2,(H2,26,28). The van der Waals surface area contributed by atoms with Crippen LogP contribution in [0.1, 0.15) is 11.1 Å². The van der Waals surface area contributed by atoms with E-state index in [0.717, 1.165) is 33.5 Å². The Balaban J connectivity index is 1.48. The topological polar surface area (TPSA) is 99.6 Å². The molecule has 5 aromatic rings. The van der Waals surface area contributed by atoms with Crippen LogP contribution in [0.5, 0.6) is 0 Å². The Morgan fingerprint density at radius 1 is 0.844 bits per heavy atom. The van der Waals surface area contributed by atoms with Gasteiger partial charge in [-0.1, -0.05) is 18.2 Å². The summed E-state index contributed by atoms with van der Waals surface area (Å²) in [5.74, 6) is 1.22. The summed E-state index contributed by atoms with van der Waals surface area (Å²) in [6.07, 6.45) is 7.55. The Kier molecular flexibility index (Phi) is 5.13. The molecule has 0 aliphatic heterocycles. The third-order valence-corrected chi connectivity index (χ3v) is 5.22. The zero-order valence-electron chi connectivity index (χ0n) is 17.2. The van der Waals surface area contributed by atoms with Gasteiger partial charge in [0.25, 0.3) is 0 Å². The molecule has 0 aliphatic rings. The minimum absolute atomic E-state index is 0.143. The number of Topliss-reactive ketones (excluding diaryl/α,β-unsaturated/α-hetero) is 1. The zero-order valence-corrected chi connectivity index (χ0v) is 17.2. The van der Waals surface area contributed by atoms with Crippen LogP contribution in [-0.2, 0) is 17.6 Å². The maximum atomic E-state index is 12.5. The highest BCUT2D eigenvalue weighted by Gasteiger charge is 2.17. The molecule has 4 heterocycles. The molecule has 7 heteroatoms. The van der Waals surface area contributed by atoms with Crippen LogP contribution in [0, 0.1) is 0 Å². The molecule has 5 rings (SSSR count). The quantitative estimate of drug-likeness (QED) is 0.448. The first kappa shape index (κ1) is 19.6. The lowest BCUT2D eigenvalue weighted by Gasteiger charge is -2.11. The first-order chi connectivity index (χ1) is 15.7. The lowest BCUT2D eigenvalue weighted by Crippen LogP contribution is -2.07. The predicted molar refractivity (Wildman–Crippen MR) is 123 cm³/mol. The minimum Gasteiger partial charge on any atom is -0.383 e. The van der Waals surface area contributed by atoms with Gasteiger partial charge in [0.2, 0.25) is 0 Å². The van der Waals surface area contributed by atoms with Crippen molar-refractivity contribution in [1.82, 2.24) is 24.5 Å². The van der Waals surface area contributed by atoms with E-state index in [2.05, 4.69) is 15.0 Å². The summed E-state index contributed by atoms with van der Waals surface area (Å²) < 4.78 is 1.96. The molecule has 0 atom stereocenters. The summed E-state index contributed by atoms with van der Waals surface area (Å²) in [5.41, 5.74) is 11.1. The van der Waals surface area contributed by atoms with Gasteiger partial charge in [0.05, 0.1) is 5.56 Å². The minimum atomic E-state index is 0.143. The van der Waals surface area contributed by atoms with E-state index in [1.165, 1.54) is 0 Å². The van der Waals surface area contributed by atoms with Crippen LogP contribution in [0.3, 0.4) is 0 Å². The SMILES string of the molecule is Nc1ncccc1-c1nc2cccnc2n1-c1ccc(CC(=O)Cc2cccnc2)cc1. The predicted octanol–water partition coefficient (Wildman–Crippen LogP) is 3.81. The number of carbonyl (C=O) groups is 1. The molecule has 0 radical (unpaired) electrons. The second-order valence-electron chi connectivity index (χ2n) is 7.47. The maximum Gasteiger partial charge on any atom is 0.164 e. The average molecular weight is 420 g/mol. The van der Waals surface area contributed by atoms with Gasteiger partial charge in [-0.3, -0.25) is 14.3 Å². The molecule has 156 valence electrons. The Labute approximate surface area is 184 Å². The van der Waals surface area contributed by atoms with Crippen LogP contribution in [0.2, 0.25) is 0 Å². The summed E-state index contributed by atoms with van der Waals surface area (Å²) in [4.78, 5) is 30.0. The van der Waals surface area contributed by atoms with Gasteiger partial charge in [0.15, 0.2) is 11.5 Å². The molecule has 0 saturated carbocycles. The number of fused-ring (bicyclic) bond motifs is 1. The monoisotopic (exact) mass is 420 g/mol. The molecule has 7 nitrogen and oxygen atoms in total. The van der Waals surface area contributed by atoms with E-state index < -0.39 is 0 Å². The van der Waals surface area contributed by atoms with E-state index in [9.17, 15) is 4.79 Å². The molecule has 0 amide bonds. The molecular weight excluding hydrogens is 400 g/mol. The number of nitrogens with zero attached hydrogens (tertiary/aromatic N) is 5. The number of pyridine rings is 3. The van der Waals surface area contributed by atoms with Crippen LogP contribution in [0.15, 0.2) is 85.5 Å². The van der Waals surface area contributed by atoms with Crippen LogP contribution < -0.4 is 5.73 Å². The first-order valence-corrected chi connectivity index (χ1v) is 10.2. The van der Waals surface area contributed by atoms with Gasteiger partial charge in [-0.2, -0.15) is 0 Å².